The van der Waals surface area contributed by atoms with Crippen molar-refractivity contribution in [2.45, 2.75) is 62.6 Å². The molecule has 4 N–H and O–H groups in total. The molecule has 0 fully saturated rings. The Morgan fingerprint density at radius 3 is 2.53 bits per heavy atom. The third-order valence-corrected chi connectivity index (χ3v) is 8.26. The Hall–Kier alpha value is -2.75. The normalized spacial score (nSPS) is 20.5. The van der Waals surface area contributed by atoms with Gasteiger partial charge in [-0.05, 0) is 61.4 Å². The van der Waals surface area contributed by atoms with Gasteiger partial charge in [-0.1, -0.05) is 44.2 Å². The van der Waals surface area contributed by atoms with E-state index in [9.17, 15) is 14.7 Å². The number of nitrogens with one attached hydrogen (secondary N) is 1. The largest absolute Gasteiger partial charge is 0.486 e. The van der Waals surface area contributed by atoms with Gasteiger partial charge < -0.3 is 25.6 Å². The van der Waals surface area contributed by atoms with Crippen LogP contribution in [0.25, 0.3) is 0 Å². The van der Waals surface area contributed by atoms with E-state index in [1.54, 1.807) is 6.92 Å². The first kappa shape index (κ1) is 26.3. The van der Waals surface area contributed by atoms with Gasteiger partial charge in [-0.25, -0.2) is 4.31 Å². The van der Waals surface area contributed by atoms with E-state index in [0.29, 0.717) is 38.3 Å². The van der Waals surface area contributed by atoms with E-state index in [1.165, 1.54) is 11.9 Å². The summed E-state index contributed by atoms with van der Waals surface area (Å²) in [6.45, 7) is 7.23. The standard InChI is InChI=1S/C27H35N3O5S/c1-4-30-20(13-19-14-21-22(15-23(19)36-30)35-11-10-34-21)26(33)29-27(3,16-18-8-6-5-7-9-18)24(31)12-17(2)25(28)32/h5-9,14-15,17,20,24,31H,4,10-13,16H2,1-3H3,(H2,28,32)(H,29,33). The van der Waals surface area contributed by atoms with Crippen LogP contribution in [0.3, 0.4) is 0 Å². The highest BCUT2D eigenvalue weighted by molar-refractivity contribution is 7.97. The fraction of sp³-hybridized carbons (Fsp3) is 0.481. The lowest BCUT2D eigenvalue weighted by molar-refractivity contribution is -0.128. The number of likely N-dealkylation sites (N-methyl/N-ethyl adjacent to an activating group) is 1. The zero-order valence-electron chi connectivity index (χ0n) is 21.0. The molecule has 0 bridgehead atoms. The quantitative estimate of drug-likeness (QED) is 0.442. The molecule has 36 heavy (non-hydrogen) atoms. The van der Waals surface area contributed by atoms with Gasteiger partial charge in [0, 0.05) is 17.4 Å². The van der Waals surface area contributed by atoms with Gasteiger partial charge in [-0.2, -0.15) is 0 Å². The van der Waals surface area contributed by atoms with Crippen molar-refractivity contribution < 1.29 is 24.2 Å². The van der Waals surface area contributed by atoms with E-state index in [4.69, 9.17) is 15.2 Å². The van der Waals surface area contributed by atoms with Crippen molar-refractivity contribution in [2.24, 2.45) is 11.7 Å². The molecule has 8 nitrogen and oxygen atoms in total. The van der Waals surface area contributed by atoms with Gasteiger partial charge in [0.15, 0.2) is 11.5 Å². The molecule has 2 aliphatic rings. The van der Waals surface area contributed by atoms with Gasteiger partial charge in [-0.3, -0.25) is 9.59 Å². The highest BCUT2D eigenvalue weighted by Crippen LogP contribution is 2.42. The molecule has 0 saturated carbocycles. The maximum atomic E-state index is 13.8. The Labute approximate surface area is 216 Å². The molecule has 4 atom stereocenters. The number of hydrogen-bond donors (Lipinski definition) is 3. The third-order valence-electron chi connectivity index (χ3n) is 6.94. The van der Waals surface area contributed by atoms with Gasteiger partial charge in [0.05, 0.1) is 11.6 Å². The average Bonchev–Trinajstić information content (AvgIpc) is 2.86. The second-order valence-corrected chi connectivity index (χ2v) is 10.9. The highest BCUT2D eigenvalue weighted by Gasteiger charge is 2.40. The first-order chi connectivity index (χ1) is 17.2. The zero-order valence-corrected chi connectivity index (χ0v) is 21.8. The Kier molecular flexibility index (Phi) is 8.12. The number of ether oxygens (including phenoxy) is 2. The van der Waals surface area contributed by atoms with Crippen molar-refractivity contribution in [3.63, 3.8) is 0 Å². The van der Waals surface area contributed by atoms with E-state index in [0.717, 1.165) is 21.8 Å². The number of carbonyl (C=O) groups excluding carboxylic acids is 2. The van der Waals surface area contributed by atoms with Gasteiger partial charge in [0.25, 0.3) is 0 Å². The fourth-order valence-corrected chi connectivity index (χ4v) is 5.80. The summed E-state index contributed by atoms with van der Waals surface area (Å²) in [6.07, 6.45) is 0.101. The summed E-state index contributed by atoms with van der Waals surface area (Å²) in [5.74, 6) is 0.260. The van der Waals surface area contributed by atoms with Crippen LogP contribution in [0.5, 0.6) is 11.5 Å². The number of hydrogen-bond acceptors (Lipinski definition) is 7. The summed E-state index contributed by atoms with van der Waals surface area (Å²) in [7, 11) is 0. The summed E-state index contributed by atoms with van der Waals surface area (Å²) >= 11 is 1.53. The summed E-state index contributed by atoms with van der Waals surface area (Å²) in [4.78, 5) is 26.5. The van der Waals surface area contributed by atoms with Gasteiger partial charge in [0.2, 0.25) is 11.8 Å². The lowest BCUT2D eigenvalue weighted by atomic mass is 9.82. The van der Waals surface area contributed by atoms with Crippen molar-refractivity contribution in [3.8, 4) is 11.5 Å². The van der Waals surface area contributed by atoms with Crippen LogP contribution in [0.2, 0.25) is 0 Å². The molecule has 0 radical (unpaired) electrons. The van der Waals surface area contributed by atoms with E-state index in [2.05, 4.69) is 9.62 Å². The molecule has 4 rings (SSSR count). The lowest BCUT2D eigenvalue weighted by Gasteiger charge is -2.40. The van der Waals surface area contributed by atoms with Crippen molar-refractivity contribution in [3.05, 3.63) is 53.6 Å². The number of nitrogens with two attached hydrogens (primary N) is 1. The number of rotatable bonds is 9. The number of nitrogens with zero attached hydrogens (tertiary/aromatic N) is 1. The summed E-state index contributed by atoms with van der Waals surface area (Å²) in [5.41, 5.74) is 6.47. The predicted octanol–water partition coefficient (Wildman–Crippen LogP) is 2.70. The monoisotopic (exact) mass is 513 g/mol. The number of aliphatic hydroxyl groups excluding tert-OH is 1. The number of primary amides is 1. The number of aliphatic hydroxyl groups is 1. The number of benzene rings is 2. The van der Waals surface area contributed by atoms with Crippen molar-refractivity contribution in [1.82, 2.24) is 9.62 Å². The Bertz CT molecular complexity index is 1100. The Morgan fingerprint density at radius 1 is 1.22 bits per heavy atom. The predicted molar refractivity (Wildman–Crippen MR) is 139 cm³/mol. The molecule has 0 aromatic heterocycles. The van der Waals surface area contributed by atoms with Crippen LogP contribution in [0.4, 0.5) is 0 Å². The highest BCUT2D eigenvalue weighted by atomic mass is 32.2. The fourth-order valence-electron chi connectivity index (χ4n) is 4.71. The number of fused-ring (bicyclic) bond motifs is 2. The van der Waals surface area contributed by atoms with Crippen LogP contribution in [-0.2, 0) is 22.4 Å². The van der Waals surface area contributed by atoms with Gasteiger partial charge in [-0.15, -0.1) is 0 Å². The molecule has 2 aromatic rings. The van der Waals surface area contributed by atoms with Gasteiger partial charge >= 0.3 is 0 Å². The summed E-state index contributed by atoms with van der Waals surface area (Å²) < 4.78 is 13.5. The maximum Gasteiger partial charge on any atom is 0.239 e. The van der Waals surface area contributed by atoms with Crippen LogP contribution in [0.1, 0.15) is 38.3 Å². The molecule has 2 heterocycles. The summed E-state index contributed by atoms with van der Waals surface area (Å²) in [5, 5.41) is 14.4. The Morgan fingerprint density at radius 2 is 1.89 bits per heavy atom. The number of carbonyl (C=O) groups is 2. The van der Waals surface area contributed by atoms with Crippen LogP contribution < -0.4 is 20.5 Å². The van der Waals surface area contributed by atoms with Crippen LogP contribution in [-0.4, -0.2) is 58.7 Å². The van der Waals surface area contributed by atoms with Gasteiger partial charge in [0.1, 0.15) is 19.3 Å². The van der Waals surface area contributed by atoms with E-state index < -0.39 is 29.5 Å². The van der Waals surface area contributed by atoms with Crippen molar-refractivity contribution >= 4 is 23.8 Å². The minimum atomic E-state index is -1.00. The topological polar surface area (TPSA) is 114 Å². The molecule has 2 amide bonds. The molecule has 2 aromatic carbocycles. The van der Waals surface area contributed by atoms with E-state index >= 15 is 0 Å². The minimum absolute atomic E-state index is 0.155. The molecule has 194 valence electrons. The molecular formula is C27H35N3O5S. The molecule has 9 heteroatoms. The molecule has 2 aliphatic heterocycles. The summed E-state index contributed by atoms with van der Waals surface area (Å²) in [6, 6.07) is 13.2. The lowest BCUT2D eigenvalue weighted by Crippen LogP contribution is -2.60. The van der Waals surface area contributed by atoms with E-state index in [-0.39, 0.29) is 12.3 Å². The SMILES string of the molecule is CCN1Sc2cc3c(cc2CC1C(=O)NC(C)(Cc1ccccc1)C(O)CC(C)C(N)=O)OCCO3. The minimum Gasteiger partial charge on any atom is -0.486 e. The molecule has 0 aliphatic carbocycles. The van der Waals surface area contributed by atoms with E-state index in [1.807, 2.05) is 56.3 Å². The molecule has 4 unspecified atom stereocenters. The first-order valence-electron chi connectivity index (χ1n) is 12.4. The second kappa shape index (κ2) is 11.1. The van der Waals surface area contributed by atoms with Crippen molar-refractivity contribution in [2.75, 3.05) is 19.8 Å². The van der Waals surface area contributed by atoms with Crippen LogP contribution in [0, 0.1) is 5.92 Å². The Balaban J connectivity index is 1.58. The van der Waals surface area contributed by atoms with Crippen molar-refractivity contribution in [1.29, 1.82) is 0 Å². The van der Waals surface area contributed by atoms with Crippen LogP contribution in [0.15, 0.2) is 47.4 Å². The maximum absolute atomic E-state index is 13.8. The molecular weight excluding hydrogens is 478 g/mol. The first-order valence-corrected chi connectivity index (χ1v) is 13.2. The third kappa shape index (κ3) is 5.79. The average molecular weight is 514 g/mol. The second-order valence-electron chi connectivity index (χ2n) is 9.77. The zero-order chi connectivity index (χ0) is 25.9. The smallest absolute Gasteiger partial charge is 0.239 e. The van der Waals surface area contributed by atoms with Crippen LogP contribution >= 0.6 is 11.9 Å². The number of amides is 2. The molecule has 0 saturated heterocycles. The molecule has 0 spiro atoms.